The maximum Gasteiger partial charge on any atom is 0.264 e. The summed E-state index contributed by atoms with van der Waals surface area (Å²) in [5.74, 6) is -0.618. The summed E-state index contributed by atoms with van der Waals surface area (Å²) in [5.41, 5.74) is 2.42. The lowest BCUT2D eigenvalue weighted by atomic mass is 10.1. The van der Waals surface area contributed by atoms with E-state index < -0.39 is 10.0 Å². The van der Waals surface area contributed by atoms with Gasteiger partial charge in [-0.25, -0.2) is 12.8 Å². The van der Waals surface area contributed by atoms with Crippen LogP contribution in [0.1, 0.15) is 22.8 Å². The van der Waals surface area contributed by atoms with Gasteiger partial charge in [0, 0.05) is 24.3 Å². The predicted molar refractivity (Wildman–Crippen MR) is 115 cm³/mol. The molecule has 1 atom stereocenters. The van der Waals surface area contributed by atoms with Crippen LogP contribution in [-0.2, 0) is 16.4 Å². The number of benzene rings is 3. The second-order valence-corrected chi connectivity index (χ2v) is 9.17. The highest BCUT2D eigenvalue weighted by molar-refractivity contribution is 7.92. The van der Waals surface area contributed by atoms with Crippen LogP contribution in [0.5, 0.6) is 0 Å². The van der Waals surface area contributed by atoms with Crippen LogP contribution in [-0.4, -0.2) is 27.4 Å². The first-order valence-corrected chi connectivity index (χ1v) is 11.0. The van der Waals surface area contributed by atoms with Crippen molar-refractivity contribution in [1.82, 2.24) is 0 Å². The molecule has 0 N–H and O–H groups in total. The molecule has 5 nitrogen and oxygen atoms in total. The highest BCUT2D eigenvalue weighted by Gasteiger charge is 2.36. The molecule has 1 aliphatic rings. The fraction of sp³-hybridized carbons (Fsp3) is 0.174. The zero-order chi connectivity index (χ0) is 21.5. The number of hydrogen-bond donors (Lipinski definition) is 0. The minimum Gasteiger partial charge on any atom is -0.311 e. The fourth-order valence-corrected chi connectivity index (χ4v) is 5.50. The van der Waals surface area contributed by atoms with E-state index in [0.29, 0.717) is 23.4 Å². The number of anilines is 2. The van der Waals surface area contributed by atoms with Gasteiger partial charge in [0.2, 0.25) is 0 Å². The fourth-order valence-electron chi connectivity index (χ4n) is 3.78. The largest absolute Gasteiger partial charge is 0.311 e. The molecule has 0 saturated heterocycles. The Kier molecular flexibility index (Phi) is 5.07. The lowest BCUT2D eigenvalue weighted by molar-refractivity contribution is 0.0993. The quantitative estimate of drug-likeness (QED) is 0.629. The van der Waals surface area contributed by atoms with E-state index in [0.717, 1.165) is 5.56 Å². The summed E-state index contributed by atoms with van der Waals surface area (Å²) < 4.78 is 40.9. The first kappa shape index (κ1) is 20.1. The minimum absolute atomic E-state index is 0.237. The third kappa shape index (κ3) is 3.45. The van der Waals surface area contributed by atoms with Crippen molar-refractivity contribution in [3.63, 3.8) is 0 Å². The zero-order valence-corrected chi connectivity index (χ0v) is 17.4. The number of carbonyl (C=O) groups is 1. The number of halogens is 1. The maximum atomic E-state index is 13.2. The molecule has 0 unspecified atom stereocenters. The molecule has 1 amide bonds. The van der Waals surface area contributed by atoms with Crippen molar-refractivity contribution < 1.29 is 17.6 Å². The van der Waals surface area contributed by atoms with Gasteiger partial charge < -0.3 is 4.90 Å². The summed E-state index contributed by atoms with van der Waals surface area (Å²) >= 11 is 0. The summed E-state index contributed by atoms with van der Waals surface area (Å²) in [6.07, 6.45) is 0.517. The van der Waals surface area contributed by atoms with Gasteiger partial charge in [-0.2, -0.15) is 0 Å². The SMILES string of the molecule is C[C@H]1Cc2cc(C(=O)N(C)c3ccc(F)cc3)ccc2N1S(=O)(=O)c1ccccc1. The highest BCUT2D eigenvalue weighted by atomic mass is 32.2. The van der Waals surface area contributed by atoms with Gasteiger partial charge in [0.1, 0.15) is 5.82 Å². The third-order valence-corrected chi connectivity index (χ3v) is 7.24. The van der Waals surface area contributed by atoms with Crippen LogP contribution in [0.3, 0.4) is 0 Å². The first-order valence-electron chi connectivity index (χ1n) is 9.55. The molecule has 7 heteroatoms. The van der Waals surface area contributed by atoms with E-state index in [-0.39, 0.29) is 22.7 Å². The summed E-state index contributed by atoms with van der Waals surface area (Å²) in [5, 5.41) is 0. The van der Waals surface area contributed by atoms with E-state index in [9.17, 15) is 17.6 Å². The molecule has 0 spiro atoms. The van der Waals surface area contributed by atoms with Crippen LogP contribution in [0.4, 0.5) is 15.8 Å². The summed E-state index contributed by atoms with van der Waals surface area (Å²) in [4.78, 5) is 14.6. The van der Waals surface area contributed by atoms with Crippen molar-refractivity contribution in [3.05, 3.63) is 89.7 Å². The summed E-state index contributed by atoms with van der Waals surface area (Å²) in [7, 11) is -2.07. The lowest BCUT2D eigenvalue weighted by Gasteiger charge is -2.24. The van der Waals surface area contributed by atoms with Crippen molar-refractivity contribution in [2.75, 3.05) is 16.3 Å². The minimum atomic E-state index is -3.70. The van der Waals surface area contributed by atoms with Crippen molar-refractivity contribution in [3.8, 4) is 0 Å². The average molecular weight is 424 g/mol. The van der Waals surface area contributed by atoms with Gasteiger partial charge in [-0.15, -0.1) is 0 Å². The van der Waals surface area contributed by atoms with Crippen molar-refractivity contribution in [1.29, 1.82) is 0 Å². The van der Waals surface area contributed by atoms with Gasteiger partial charge in [0.25, 0.3) is 15.9 Å². The second-order valence-electron chi connectivity index (χ2n) is 7.35. The molecule has 0 aromatic heterocycles. The smallest absolute Gasteiger partial charge is 0.264 e. The Morgan fingerprint density at radius 2 is 1.70 bits per heavy atom. The molecule has 154 valence electrons. The summed E-state index contributed by atoms with van der Waals surface area (Å²) in [6.45, 7) is 1.85. The Labute approximate surface area is 175 Å². The number of rotatable bonds is 4. The molecular formula is C23H21FN2O3S. The first-order chi connectivity index (χ1) is 14.3. The van der Waals surface area contributed by atoms with E-state index >= 15 is 0 Å². The number of carbonyl (C=O) groups excluding carboxylic acids is 1. The van der Waals surface area contributed by atoms with Gasteiger partial charge in [-0.05, 0) is 73.5 Å². The van der Waals surface area contributed by atoms with Gasteiger partial charge in [-0.1, -0.05) is 18.2 Å². The molecule has 0 fully saturated rings. The van der Waals surface area contributed by atoms with Crippen LogP contribution in [0.2, 0.25) is 0 Å². The Bertz CT molecular complexity index is 1190. The molecular weight excluding hydrogens is 403 g/mol. The van der Waals surface area contributed by atoms with Crippen LogP contribution >= 0.6 is 0 Å². The van der Waals surface area contributed by atoms with Crippen molar-refractivity contribution >= 4 is 27.3 Å². The van der Waals surface area contributed by atoms with Gasteiger partial charge in [-0.3, -0.25) is 9.10 Å². The zero-order valence-electron chi connectivity index (χ0n) is 16.6. The Morgan fingerprint density at radius 3 is 2.37 bits per heavy atom. The number of hydrogen-bond acceptors (Lipinski definition) is 3. The van der Waals surface area contributed by atoms with Crippen LogP contribution in [0.25, 0.3) is 0 Å². The van der Waals surface area contributed by atoms with Crippen molar-refractivity contribution in [2.24, 2.45) is 0 Å². The average Bonchev–Trinajstić information content (AvgIpc) is 3.09. The Morgan fingerprint density at radius 1 is 1.03 bits per heavy atom. The standard InChI is InChI=1S/C23H21FN2O3S/c1-16-14-18-15-17(23(27)25(2)20-11-9-19(24)10-12-20)8-13-22(18)26(16)30(28,29)21-6-4-3-5-7-21/h3-13,15-16H,14H2,1-2H3/t16-/m0/s1. The molecule has 0 saturated carbocycles. The van der Waals surface area contributed by atoms with E-state index in [2.05, 4.69) is 0 Å². The number of sulfonamides is 1. The number of fused-ring (bicyclic) bond motifs is 1. The van der Waals surface area contributed by atoms with Gasteiger partial charge in [0.15, 0.2) is 0 Å². The van der Waals surface area contributed by atoms with Gasteiger partial charge >= 0.3 is 0 Å². The van der Waals surface area contributed by atoms with E-state index in [4.69, 9.17) is 0 Å². The molecule has 0 aliphatic carbocycles. The molecule has 30 heavy (non-hydrogen) atoms. The Balaban J connectivity index is 1.66. The third-order valence-electron chi connectivity index (χ3n) is 5.30. The monoisotopic (exact) mass is 424 g/mol. The number of amides is 1. The second kappa shape index (κ2) is 7.57. The van der Waals surface area contributed by atoms with E-state index in [1.165, 1.54) is 33.5 Å². The maximum absolute atomic E-state index is 13.2. The molecule has 0 radical (unpaired) electrons. The molecule has 1 aliphatic heterocycles. The predicted octanol–water partition coefficient (Wildman–Crippen LogP) is 4.24. The van der Waals surface area contributed by atoms with Crippen LogP contribution in [0, 0.1) is 5.82 Å². The van der Waals surface area contributed by atoms with E-state index in [1.807, 2.05) is 6.92 Å². The topological polar surface area (TPSA) is 57.7 Å². The van der Waals surface area contributed by atoms with Crippen LogP contribution in [0.15, 0.2) is 77.7 Å². The molecule has 4 rings (SSSR count). The van der Waals surface area contributed by atoms with Crippen LogP contribution < -0.4 is 9.21 Å². The molecule has 1 heterocycles. The van der Waals surface area contributed by atoms with E-state index in [1.54, 1.807) is 55.6 Å². The molecule has 3 aromatic rings. The van der Waals surface area contributed by atoms with Gasteiger partial charge in [0.05, 0.1) is 10.6 Å². The molecule has 0 bridgehead atoms. The Hall–Kier alpha value is -3.19. The lowest BCUT2D eigenvalue weighted by Crippen LogP contribution is -2.35. The number of nitrogens with zero attached hydrogens (tertiary/aromatic N) is 2. The van der Waals surface area contributed by atoms with Crippen molar-refractivity contribution in [2.45, 2.75) is 24.3 Å². The normalized spacial score (nSPS) is 15.7. The molecule has 3 aromatic carbocycles. The highest BCUT2D eigenvalue weighted by Crippen LogP contribution is 2.37. The summed E-state index contributed by atoms with van der Waals surface area (Å²) in [6, 6.07) is 18.8.